The van der Waals surface area contributed by atoms with E-state index in [9.17, 15) is 9.59 Å². The summed E-state index contributed by atoms with van der Waals surface area (Å²) in [6.07, 6.45) is 2.34. The molecule has 1 aliphatic carbocycles. The molecule has 0 radical (unpaired) electrons. The summed E-state index contributed by atoms with van der Waals surface area (Å²) in [5.74, 6) is 0.439. The van der Waals surface area contributed by atoms with Crippen LogP contribution in [0.2, 0.25) is 0 Å². The van der Waals surface area contributed by atoms with Crippen molar-refractivity contribution in [1.29, 1.82) is 0 Å². The van der Waals surface area contributed by atoms with E-state index in [0.717, 1.165) is 35.3 Å². The molecule has 1 aliphatic rings. The molecule has 0 amide bonds. The number of hydrogen-bond donors (Lipinski definition) is 0. The van der Waals surface area contributed by atoms with E-state index in [0.29, 0.717) is 11.5 Å². The number of carbonyl (C=O) groups excluding carboxylic acids is 2. The molecule has 0 fully saturated rings. The zero-order valence-electron chi connectivity index (χ0n) is 24.4. The van der Waals surface area contributed by atoms with Crippen molar-refractivity contribution in [3.8, 4) is 44.9 Å². The number of fused-ring (bicyclic) bond motifs is 3. The fourth-order valence-electron chi connectivity index (χ4n) is 5.22. The molecule has 0 saturated carbocycles. The summed E-state index contributed by atoms with van der Waals surface area (Å²) in [6, 6.07) is 28.9. The first kappa shape index (κ1) is 29.4. The number of hydrogen-bond acceptors (Lipinski definition) is 6. The van der Waals surface area contributed by atoms with Crippen LogP contribution in [-0.4, -0.2) is 37.4 Å². The smallest absolute Gasteiger partial charge is 0.330 e. The fourth-order valence-corrected chi connectivity index (χ4v) is 5.22. The molecule has 0 saturated heterocycles. The second-order valence-corrected chi connectivity index (χ2v) is 10.4. The lowest BCUT2D eigenvalue weighted by atomic mass is 9.88. The Balaban J connectivity index is 1.41. The molecule has 0 N–H and O–H groups in total. The molecule has 218 valence electrons. The van der Waals surface area contributed by atoms with Gasteiger partial charge in [-0.1, -0.05) is 73.8 Å². The lowest BCUT2D eigenvalue weighted by Crippen LogP contribution is -2.20. The topological polar surface area (TPSA) is 71.1 Å². The molecule has 43 heavy (non-hydrogen) atoms. The SMILES string of the molecule is C=CC(=O)OC(C)COc1ccc(-c2ccc3c(c2-c2ccc(OCC(C)OC(=O)C=C)cc2)Cc2ccccc2-3)cc1. The average molecular weight is 575 g/mol. The highest BCUT2D eigenvalue weighted by Gasteiger charge is 2.24. The quantitative estimate of drug-likeness (QED) is 0.113. The minimum atomic E-state index is -0.471. The maximum absolute atomic E-state index is 11.5. The summed E-state index contributed by atoms with van der Waals surface area (Å²) in [4.78, 5) is 22.9. The molecule has 6 nitrogen and oxygen atoms in total. The van der Waals surface area contributed by atoms with Crippen molar-refractivity contribution < 1.29 is 28.5 Å². The molecule has 0 spiro atoms. The van der Waals surface area contributed by atoms with Gasteiger partial charge in [-0.2, -0.15) is 0 Å². The Morgan fingerprint density at radius 3 is 1.74 bits per heavy atom. The second kappa shape index (κ2) is 13.3. The molecule has 0 bridgehead atoms. The number of ether oxygens (including phenoxy) is 4. The van der Waals surface area contributed by atoms with Crippen LogP contribution >= 0.6 is 0 Å². The van der Waals surface area contributed by atoms with Gasteiger partial charge in [0.25, 0.3) is 0 Å². The van der Waals surface area contributed by atoms with Gasteiger partial charge in [-0.25, -0.2) is 9.59 Å². The molecule has 6 heteroatoms. The van der Waals surface area contributed by atoms with E-state index < -0.39 is 24.1 Å². The molecule has 0 aromatic heterocycles. The van der Waals surface area contributed by atoms with Gasteiger partial charge in [0, 0.05) is 12.2 Å². The molecule has 0 heterocycles. The standard InChI is InChI=1S/C37H34O6/c1-5-35(38)42-24(3)22-40-29-15-11-26(12-16-29)32-19-20-33-31-10-8-7-9-28(31)21-34(33)37(32)27-13-17-30(18-14-27)41-23-25(4)43-36(39)6-2/h5-20,24-25H,1-2,21-23H2,3-4H3. The van der Waals surface area contributed by atoms with Gasteiger partial charge < -0.3 is 18.9 Å². The van der Waals surface area contributed by atoms with Crippen LogP contribution in [-0.2, 0) is 25.5 Å². The highest BCUT2D eigenvalue weighted by molar-refractivity contribution is 5.93. The van der Waals surface area contributed by atoms with Gasteiger partial charge in [0.15, 0.2) is 0 Å². The zero-order valence-corrected chi connectivity index (χ0v) is 24.4. The van der Waals surface area contributed by atoms with E-state index in [1.54, 1.807) is 13.8 Å². The monoisotopic (exact) mass is 574 g/mol. The summed E-state index contributed by atoms with van der Waals surface area (Å²) in [5.41, 5.74) is 9.54. The number of esters is 2. The summed E-state index contributed by atoms with van der Waals surface area (Å²) >= 11 is 0. The van der Waals surface area contributed by atoms with Crippen LogP contribution in [0.3, 0.4) is 0 Å². The summed E-state index contributed by atoms with van der Waals surface area (Å²) < 4.78 is 22.1. The van der Waals surface area contributed by atoms with Crippen LogP contribution in [0, 0.1) is 0 Å². The maximum atomic E-state index is 11.5. The minimum absolute atomic E-state index is 0.240. The van der Waals surface area contributed by atoms with Crippen molar-refractivity contribution in [2.75, 3.05) is 13.2 Å². The Morgan fingerprint density at radius 1 is 0.674 bits per heavy atom. The first-order valence-electron chi connectivity index (χ1n) is 14.2. The molecule has 5 rings (SSSR count). The third-order valence-electron chi connectivity index (χ3n) is 7.23. The van der Waals surface area contributed by atoms with E-state index in [1.165, 1.54) is 27.8 Å². The summed E-state index contributed by atoms with van der Waals surface area (Å²) in [7, 11) is 0. The zero-order chi connectivity index (χ0) is 30.3. The van der Waals surface area contributed by atoms with Crippen molar-refractivity contribution in [2.45, 2.75) is 32.5 Å². The summed E-state index contributed by atoms with van der Waals surface area (Å²) in [6.45, 7) is 10.9. The number of carbonyl (C=O) groups is 2. The third kappa shape index (κ3) is 6.87. The maximum Gasteiger partial charge on any atom is 0.330 e. The van der Waals surface area contributed by atoms with Gasteiger partial charge in [-0.05, 0) is 89.0 Å². The number of benzene rings is 4. The molecular formula is C37H34O6. The fraction of sp³-hybridized carbons (Fsp3) is 0.189. The highest BCUT2D eigenvalue weighted by Crippen LogP contribution is 2.46. The van der Waals surface area contributed by atoms with Crippen molar-refractivity contribution in [3.05, 3.63) is 121 Å². The van der Waals surface area contributed by atoms with Crippen LogP contribution in [0.4, 0.5) is 0 Å². The first-order valence-corrected chi connectivity index (χ1v) is 14.2. The third-order valence-corrected chi connectivity index (χ3v) is 7.23. The molecule has 4 aromatic rings. The Bertz CT molecular complexity index is 1640. The van der Waals surface area contributed by atoms with E-state index in [4.69, 9.17) is 18.9 Å². The van der Waals surface area contributed by atoms with Crippen molar-refractivity contribution >= 4 is 11.9 Å². The normalized spacial score (nSPS) is 12.7. The van der Waals surface area contributed by atoms with Crippen LogP contribution in [0.1, 0.15) is 25.0 Å². The molecule has 0 aliphatic heterocycles. The van der Waals surface area contributed by atoms with Gasteiger partial charge in [0.1, 0.15) is 36.9 Å². The Kier molecular flexibility index (Phi) is 9.06. The number of rotatable bonds is 12. The van der Waals surface area contributed by atoms with E-state index in [1.807, 2.05) is 36.4 Å². The predicted molar refractivity (Wildman–Crippen MR) is 168 cm³/mol. The van der Waals surface area contributed by atoms with Crippen molar-refractivity contribution in [1.82, 2.24) is 0 Å². The molecule has 4 aromatic carbocycles. The van der Waals surface area contributed by atoms with E-state index in [2.05, 4.69) is 61.7 Å². The lowest BCUT2D eigenvalue weighted by Gasteiger charge is -2.18. The van der Waals surface area contributed by atoms with Gasteiger partial charge in [0.2, 0.25) is 0 Å². The van der Waals surface area contributed by atoms with E-state index in [-0.39, 0.29) is 13.2 Å². The van der Waals surface area contributed by atoms with Crippen LogP contribution in [0.5, 0.6) is 11.5 Å². The van der Waals surface area contributed by atoms with E-state index >= 15 is 0 Å². The molecular weight excluding hydrogens is 540 g/mol. The van der Waals surface area contributed by atoms with Gasteiger partial charge in [0.05, 0.1) is 0 Å². The Hall–Kier alpha value is -5.10. The largest absolute Gasteiger partial charge is 0.490 e. The Morgan fingerprint density at radius 2 is 1.19 bits per heavy atom. The molecule has 2 unspecified atom stereocenters. The first-order chi connectivity index (χ1) is 20.9. The van der Waals surface area contributed by atoms with Crippen LogP contribution in [0.15, 0.2) is 110 Å². The van der Waals surface area contributed by atoms with Crippen molar-refractivity contribution in [3.63, 3.8) is 0 Å². The molecule has 2 atom stereocenters. The van der Waals surface area contributed by atoms with Crippen LogP contribution < -0.4 is 9.47 Å². The van der Waals surface area contributed by atoms with Gasteiger partial charge >= 0.3 is 11.9 Å². The second-order valence-electron chi connectivity index (χ2n) is 10.4. The minimum Gasteiger partial charge on any atom is -0.490 e. The predicted octanol–water partition coefficient (Wildman–Crippen LogP) is 7.58. The summed E-state index contributed by atoms with van der Waals surface area (Å²) in [5, 5.41) is 0. The van der Waals surface area contributed by atoms with Gasteiger partial charge in [-0.3, -0.25) is 0 Å². The van der Waals surface area contributed by atoms with Crippen molar-refractivity contribution in [2.24, 2.45) is 0 Å². The lowest BCUT2D eigenvalue weighted by molar-refractivity contribution is -0.144. The van der Waals surface area contributed by atoms with Crippen LogP contribution in [0.25, 0.3) is 33.4 Å². The Labute approximate surface area is 252 Å². The highest BCUT2D eigenvalue weighted by atomic mass is 16.6. The average Bonchev–Trinajstić information content (AvgIpc) is 3.41. The van der Waals surface area contributed by atoms with Gasteiger partial charge in [-0.15, -0.1) is 0 Å².